The van der Waals surface area contributed by atoms with Crippen LogP contribution in [0, 0.1) is 46.3 Å². The van der Waals surface area contributed by atoms with Crippen molar-refractivity contribution >= 4 is 37.3 Å². The molecule has 0 bridgehead atoms. The van der Waals surface area contributed by atoms with Gasteiger partial charge in [0.2, 0.25) is 5.91 Å². The topological polar surface area (TPSA) is 144 Å². The minimum atomic E-state index is -0.364. The smallest absolute Gasteiger partial charge is 0.293 e. The number of amides is 1. The molecule has 0 radical (unpaired) electrons. The standard InChI is InChI=1S/C36H49NO10/c1-21(6-9-33(42)37-28-16-30(44-5)29(43-4)12-22(28)17-38)25-7-8-26-34-27(15-32(47-20-41)36(25,26)3)35(2)11-10-24(45-18-39)13-23(35)14-31(34)46-19-40/h12,16-21,23-27,31-32,34H,6-11,13-15H2,1-5H3,(H,37,42)/t21-,23+,24?,25-,26+,27+,31-,32+,34+,35+,36-/m1/s1. The van der Waals surface area contributed by atoms with Gasteiger partial charge < -0.3 is 29.0 Å². The third-order valence-corrected chi connectivity index (χ3v) is 12.9. The van der Waals surface area contributed by atoms with Gasteiger partial charge in [0.05, 0.1) is 19.9 Å². The lowest BCUT2D eigenvalue weighted by atomic mass is 9.43. The van der Waals surface area contributed by atoms with Gasteiger partial charge in [0.1, 0.15) is 18.3 Å². The van der Waals surface area contributed by atoms with Crippen LogP contribution in [0.25, 0.3) is 0 Å². The molecule has 4 aliphatic rings. The van der Waals surface area contributed by atoms with E-state index in [1.807, 2.05) is 0 Å². The summed E-state index contributed by atoms with van der Waals surface area (Å²) in [6.07, 6.45) is 6.46. The normalized spacial score (nSPS) is 36.3. The Labute approximate surface area is 276 Å². The van der Waals surface area contributed by atoms with Crippen molar-refractivity contribution in [2.45, 2.75) is 96.9 Å². The maximum absolute atomic E-state index is 13.2. The third kappa shape index (κ3) is 6.22. The molecule has 0 saturated heterocycles. The van der Waals surface area contributed by atoms with Gasteiger partial charge >= 0.3 is 0 Å². The SMILES string of the molecule is COc1cc(C=O)c(NC(=O)CC[C@@H](C)[C@H]2CC[C@H]3[C@@H]4[C@H](OC=O)C[C@@H]5CC(OC=O)CC[C@]5(C)[C@H]4C[C@H](OC=O)[C@]23C)cc1OC. The van der Waals surface area contributed by atoms with Crippen molar-refractivity contribution in [3.8, 4) is 11.5 Å². The van der Waals surface area contributed by atoms with Crippen LogP contribution < -0.4 is 14.8 Å². The van der Waals surface area contributed by atoms with Gasteiger partial charge in [0.15, 0.2) is 17.8 Å². The molecule has 1 aromatic rings. The number of aldehydes is 1. The summed E-state index contributed by atoms with van der Waals surface area (Å²) in [6, 6.07) is 3.12. The fraction of sp³-hybridized carbons (Fsp3) is 0.694. The van der Waals surface area contributed by atoms with Crippen LogP contribution in [0.15, 0.2) is 12.1 Å². The monoisotopic (exact) mass is 655 g/mol. The molecule has 5 rings (SSSR count). The molecule has 11 atom stereocenters. The van der Waals surface area contributed by atoms with Crippen LogP contribution in [0.5, 0.6) is 11.5 Å². The van der Waals surface area contributed by atoms with Gasteiger partial charge in [-0.05, 0) is 92.4 Å². The number of ether oxygens (including phenoxy) is 5. The largest absolute Gasteiger partial charge is 0.493 e. The van der Waals surface area contributed by atoms with Crippen molar-refractivity contribution in [1.29, 1.82) is 0 Å². The maximum atomic E-state index is 13.2. The molecule has 4 fully saturated rings. The van der Waals surface area contributed by atoms with Gasteiger partial charge in [-0.25, -0.2) is 0 Å². The molecule has 0 spiro atoms. The van der Waals surface area contributed by atoms with Gasteiger partial charge in [-0.15, -0.1) is 0 Å². The fourth-order valence-electron chi connectivity index (χ4n) is 10.6. The molecular formula is C36H49NO10. The first-order valence-corrected chi connectivity index (χ1v) is 16.9. The Kier molecular flexibility index (Phi) is 10.5. The van der Waals surface area contributed by atoms with Gasteiger partial charge in [-0.2, -0.15) is 0 Å². The van der Waals surface area contributed by atoms with Gasteiger partial charge in [-0.1, -0.05) is 20.8 Å². The molecular weight excluding hydrogens is 606 g/mol. The van der Waals surface area contributed by atoms with Crippen LogP contribution in [0.2, 0.25) is 0 Å². The predicted octanol–water partition coefficient (Wildman–Crippen LogP) is 5.37. The van der Waals surface area contributed by atoms with E-state index < -0.39 is 0 Å². The Morgan fingerprint density at radius 1 is 0.915 bits per heavy atom. The fourth-order valence-corrected chi connectivity index (χ4v) is 10.6. The highest BCUT2D eigenvalue weighted by Gasteiger charge is 2.67. The first-order valence-electron chi connectivity index (χ1n) is 16.9. The number of methoxy groups -OCH3 is 2. The van der Waals surface area contributed by atoms with E-state index in [9.17, 15) is 24.0 Å². The molecule has 0 aliphatic heterocycles. The van der Waals surface area contributed by atoms with E-state index in [1.165, 1.54) is 20.3 Å². The number of fused-ring (bicyclic) bond motifs is 5. The summed E-state index contributed by atoms with van der Waals surface area (Å²) in [5.74, 6) is 1.59. The predicted molar refractivity (Wildman–Crippen MR) is 171 cm³/mol. The number of nitrogens with one attached hydrogen (secondary N) is 1. The molecule has 1 amide bonds. The third-order valence-electron chi connectivity index (χ3n) is 12.9. The van der Waals surface area contributed by atoms with Gasteiger partial charge in [-0.3, -0.25) is 24.0 Å². The van der Waals surface area contributed by atoms with Crippen molar-refractivity contribution in [1.82, 2.24) is 0 Å². The Morgan fingerprint density at radius 3 is 2.28 bits per heavy atom. The van der Waals surface area contributed by atoms with Crippen LogP contribution >= 0.6 is 0 Å². The zero-order chi connectivity index (χ0) is 33.9. The first kappa shape index (κ1) is 34.7. The van der Waals surface area contributed by atoms with E-state index in [2.05, 4.69) is 26.1 Å². The number of rotatable bonds is 14. The Hall–Kier alpha value is -3.63. The molecule has 1 N–H and O–H groups in total. The van der Waals surface area contributed by atoms with Crippen LogP contribution in [0.3, 0.4) is 0 Å². The molecule has 0 heterocycles. The molecule has 4 aliphatic carbocycles. The highest BCUT2D eigenvalue weighted by Crippen LogP contribution is 2.69. The summed E-state index contributed by atoms with van der Waals surface area (Å²) in [4.78, 5) is 59.8. The zero-order valence-corrected chi connectivity index (χ0v) is 28.1. The summed E-state index contributed by atoms with van der Waals surface area (Å²) in [7, 11) is 2.97. The average Bonchev–Trinajstić information content (AvgIpc) is 3.42. The Morgan fingerprint density at radius 2 is 1.62 bits per heavy atom. The van der Waals surface area contributed by atoms with E-state index in [0.29, 0.717) is 61.3 Å². The second-order valence-electron chi connectivity index (χ2n) is 14.6. The minimum Gasteiger partial charge on any atom is -0.493 e. The summed E-state index contributed by atoms with van der Waals surface area (Å²) >= 11 is 0. The zero-order valence-electron chi connectivity index (χ0n) is 28.1. The summed E-state index contributed by atoms with van der Waals surface area (Å²) in [5.41, 5.74) is 0.227. The van der Waals surface area contributed by atoms with E-state index >= 15 is 0 Å². The lowest BCUT2D eigenvalue weighted by Gasteiger charge is -2.64. The minimum absolute atomic E-state index is 0.0612. The Bertz CT molecular complexity index is 1330. The lowest BCUT2D eigenvalue weighted by Crippen LogP contribution is -2.63. The summed E-state index contributed by atoms with van der Waals surface area (Å²) in [5, 5.41) is 2.87. The second kappa shape index (κ2) is 14.2. The number of anilines is 1. The Balaban J connectivity index is 1.34. The van der Waals surface area contributed by atoms with E-state index in [1.54, 1.807) is 6.07 Å². The highest BCUT2D eigenvalue weighted by atomic mass is 16.5. The second-order valence-corrected chi connectivity index (χ2v) is 14.6. The molecule has 1 unspecified atom stereocenters. The van der Waals surface area contributed by atoms with Gasteiger partial charge in [0.25, 0.3) is 19.4 Å². The molecule has 0 aromatic heterocycles. The van der Waals surface area contributed by atoms with Crippen LogP contribution in [-0.2, 0) is 33.4 Å². The molecule has 1 aromatic carbocycles. The molecule has 47 heavy (non-hydrogen) atoms. The van der Waals surface area contributed by atoms with Crippen molar-refractivity contribution in [3.63, 3.8) is 0 Å². The molecule has 11 nitrogen and oxygen atoms in total. The summed E-state index contributed by atoms with van der Waals surface area (Å²) in [6.45, 7) is 8.39. The van der Waals surface area contributed by atoms with Crippen molar-refractivity contribution < 1.29 is 47.7 Å². The number of carbonyl (C=O) groups is 5. The number of carbonyl (C=O) groups excluding carboxylic acids is 5. The van der Waals surface area contributed by atoms with Gasteiger partial charge in [0, 0.05) is 29.4 Å². The lowest BCUT2D eigenvalue weighted by molar-refractivity contribution is -0.218. The molecule has 4 saturated carbocycles. The van der Waals surface area contributed by atoms with Crippen LogP contribution in [-0.4, -0.2) is 64.1 Å². The number of hydrogen-bond acceptors (Lipinski definition) is 10. The number of benzene rings is 1. The highest BCUT2D eigenvalue weighted by molar-refractivity contribution is 5.97. The maximum Gasteiger partial charge on any atom is 0.293 e. The van der Waals surface area contributed by atoms with Crippen molar-refractivity contribution in [2.75, 3.05) is 19.5 Å². The van der Waals surface area contributed by atoms with E-state index in [-0.39, 0.29) is 77.0 Å². The van der Waals surface area contributed by atoms with Crippen molar-refractivity contribution in [2.24, 2.45) is 46.3 Å². The van der Waals surface area contributed by atoms with Crippen LogP contribution in [0.1, 0.15) is 88.9 Å². The quantitative estimate of drug-likeness (QED) is 0.205. The first-order chi connectivity index (χ1) is 22.6. The average molecular weight is 656 g/mol. The number of hydrogen-bond donors (Lipinski definition) is 1. The summed E-state index contributed by atoms with van der Waals surface area (Å²) < 4.78 is 27.9. The van der Waals surface area contributed by atoms with Crippen LogP contribution in [0.4, 0.5) is 5.69 Å². The van der Waals surface area contributed by atoms with E-state index in [0.717, 1.165) is 38.5 Å². The van der Waals surface area contributed by atoms with Crippen molar-refractivity contribution in [3.05, 3.63) is 17.7 Å². The van der Waals surface area contributed by atoms with E-state index in [4.69, 9.17) is 23.7 Å². The molecule has 11 heteroatoms. The molecule has 258 valence electrons.